The summed E-state index contributed by atoms with van der Waals surface area (Å²) in [5.41, 5.74) is 0.423. The first-order chi connectivity index (χ1) is 9.92. The zero-order valence-corrected chi connectivity index (χ0v) is 12.0. The maximum atomic E-state index is 12.1. The number of nitrogens with one attached hydrogen (secondary N) is 1. The number of methoxy groups -OCH3 is 1. The van der Waals surface area contributed by atoms with Crippen LogP contribution in [0.5, 0.6) is 5.75 Å². The Morgan fingerprint density at radius 1 is 1.48 bits per heavy atom. The van der Waals surface area contributed by atoms with Crippen molar-refractivity contribution in [1.82, 2.24) is 4.90 Å². The van der Waals surface area contributed by atoms with Gasteiger partial charge in [-0.2, -0.15) is 0 Å². The van der Waals surface area contributed by atoms with Crippen LogP contribution in [0.25, 0.3) is 0 Å². The molecule has 2 atom stereocenters. The molecule has 1 aromatic carbocycles. The molecule has 1 aliphatic heterocycles. The van der Waals surface area contributed by atoms with E-state index < -0.39 is 24.1 Å². The second kappa shape index (κ2) is 6.19. The summed E-state index contributed by atoms with van der Waals surface area (Å²) in [4.78, 5) is 24.3. The molecule has 0 spiro atoms. The number of likely N-dealkylation sites (tertiary alicyclic amines) is 1. The van der Waals surface area contributed by atoms with E-state index in [0.717, 1.165) is 4.90 Å². The zero-order valence-electron chi connectivity index (χ0n) is 11.2. The van der Waals surface area contributed by atoms with Crippen LogP contribution < -0.4 is 10.1 Å². The predicted molar refractivity (Wildman–Crippen MR) is 75.8 cm³/mol. The van der Waals surface area contributed by atoms with Crippen molar-refractivity contribution >= 4 is 29.3 Å². The zero-order chi connectivity index (χ0) is 15.6. The van der Waals surface area contributed by atoms with Crippen LogP contribution in [-0.2, 0) is 4.79 Å². The first-order valence-corrected chi connectivity index (χ1v) is 6.62. The van der Waals surface area contributed by atoms with Crippen molar-refractivity contribution in [2.45, 2.75) is 18.6 Å². The van der Waals surface area contributed by atoms with Crippen LogP contribution >= 0.6 is 11.6 Å². The Labute approximate surface area is 126 Å². The molecule has 7 nitrogen and oxygen atoms in total. The molecule has 0 radical (unpaired) electrons. The average molecular weight is 315 g/mol. The molecule has 0 aliphatic carbocycles. The van der Waals surface area contributed by atoms with Gasteiger partial charge in [0.05, 0.1) is 18.2 Å². The molecule has 21 heavy (non-hydrogen) atoms. The predicted octanol–water partition coefficient (Wildman–Crippen LogP) is 1.40. The monoisotopic (exact) mass is 314 g/mol. The molecule has 8 heteroatoms. The Balaban J connectivity index is 2.12. The molecule has 1 heterocycles. The van der Waals surface area contributed by atoms with Crippen molar-refractivity contribution in [1.29, 1.82) is 0 Å². The number of hydrogen-bond acceptors (Lipinski definition) is 4. The van der Waals surface area contributed by atoms with Crippen LogP contribution in [-0.4, -0.2) is 52.9 Å². The number of rotatable bonds is 3. The standard InChI is InChI=1S/C13H15ClN2O5/c1-21-11-4-7(2-3-9(11)14)15-13(20)16-6-8(17)5-10(16)12(18)19/h2-4,8,10,17H,5-6H2,1H3,(H,15,20)(H,18,19)/t8-,10-/m1/s1. The van der Waals surface area contributed by atoms with Gasteiger partial charge in [0.25, 0.3) is 0 Å². The van der Waals surface area contributed by atoms with Gasteiger partial charge in [0.15, 0.2) is 0 Å². The average Bonchev–Trinajstić information content (AvgIpc) is 2.83. The number of β-amino-alcohol motifs (C(OH)–C–C–N with tert-alkyl or cyclic N) is 1. The molecule has 0 bridgehead atoms. The van der Waals surface area contributed by atoms with Gasteiger partial charge in [0.2, 0.25) is 0 Å². The third kappa shape index (κ3) is 3.37. The van der Waals surface area contributed by atoms with Crippen LogP contribution in [0.1, 0.15) is 6.42 Å². The van der Waals surface area contributed by atoms with Gasteiger partial charge in [-0.3, -0.25) is 0 Å². The molecule has 1 aromatic rings. The number of ether oxygens (including phenoxy) is 1. The summed E-state index contributed by atoms with van der Waals surface area (Å²) in [7, 11) is 1.45. The molecule has 114 valence electrons. The quantitative estimate of drug-likeness (QED) is 0.783. The van der Waals surface area contributed by atoms with Gasteiger partial charge >= 0.3 is 12.0 Å². The summed E-state index contributed by atoms with van der Waals surface area (Å²) in [5.74, 6) is -0.749. The Morgan fingerprint density at radius 3 is 2.81 bits per heavy atom. The van der Waals surface area contributed by atoms with Gasteiger partial charge in [-0.1, -0.05) is 11.6 Å². The maximum Gasteiger partial charge on any atom is 0.326 e. The molecular weight excluding hydrogens is 300 g/mol. The van der Waals surface area contributed by atoms with Crippen LogP contribution in [0.3, 0.4) is 0 Å². The van der Waals surface area contributed by atoms with Gasteiger partial charge in [0.1, 0.15) is 11.8 Å². The summed E-state index contributed by atoms with van der Waals surface area (Å²) >= 11 is 5.88. The fourth-order valence-corrected chi connectivity index (χ4v) is 2.40. The topological polar surface area (TPSA) is 99.1 Å². The largest absolute Gasteiger partial charge is 0.495 e. The molecular formula is C13H15ClN2O5. The number of aliphatic hydroxyl groups excluding tert-OH is 1. The number of carboxylic acid groups (broad SMARTS) is 1. The maximum absolute atomic E-state index is 12.1. The SMILES string of the molecule is COc1cc(NC(=O)N2C[C@H](O)C[C@@H]2C(=O)O)ccc1Cl. The summed E-state index contributed by atoms with van der Waals surface area (Å²) in [6.45, 7) is -0.0203. The Bertz CT molecular complexity index is 565. The molecule has 0 unspecified atom stereocenters. The minimum absolute atomic E-state index is 0.0203. The molecule has 2 amide bonds. The lowest BCUT2D eigenvalue weighted by Gasteiger charge is -2.21. The number of aliphatic carboxylic acids is 1. The van der Waals surface area contributed by atoms with E-state index >= 15 is 0 Å². The molecule has 0 aromatic heterocycles. The van der Waals surface area contributed by atoms with Gasteiger partial charge in [-0.15, -0.1) is 0 Å². The van der Waals surface area contributed by atoms with Gasteiger partial charge in [0, 0.05) is 24.7 Å². The highest BCUT2D eigenvalue weighted by Crippen LogP contribution is 2.28. The number of carbonyl (C=O) groups is 2. The van der Waals surface area contributed by atoms with E-state index in [0.29, 0.717) is 16.5 Å². The van der Waals surface area contributed by atoms with Crippen molar-refractivity contribution in [3.05, 3.63) is 23.2 Å². The number of benzene rings is 1. The number of anilines is 1. The van der Waals surface area contributed by atoms with Crippen LogP contribution in [0.15, 0.2) is 18.2 Å². The van der Waals surface area contributed by atoms with E-state index in [2.05, 4.69) is 5.32 Å². The number of nitrogens with zero attached hydrogens (tertiary/aromatic N) is 1. The van der Waals surface area contributed by atoms with E-state index in [1.807, 2.05) is 0 Å². The summed E-state index contributed by atoms with van der Waals surface area (Å²) < 4.78 is 5.04. The van der Waals surface area contributed by atoms with Crippen molar-refractivity contribution in [3.63, 3.8) is 0 Å². The molecule has 0 saturated carbocycles. The Morgan fingerprint density at radius 2 is 2.19 bits per heavy atom. The van der Waals surface area contributed by atoms with Crippen molar-refractivity contribution in [3.8, 4) is 5.75 Å². The number of halogens is 1. The second-order valence-corrected chi connectivity index (χ2v) is 5.08. The molecule has 1 saturated heterocycles. The van der Waals surface area contributed by atoms with E-state index in [-0.39, 0.29) is 13.0 Å². The van der Waals surface area contributed by atoms with Gasteiger partial charge < -0.3 is 25.2 Å². The lowest BCUT2D eigenvalue weighted by atomic mass is 10.2. The van der Waals surface area contributed by atoms with E-state index in [1.54, 1.807) is 12.1 Å². The summed E-state index contributed by atoms with van der Waals surface area (Å²) in [6, 6.07) is 3.04. The number of hydrogen-bond donors (Lipinski definition) is 3. The van der Waals surface area contributed by atoms with Crippen molar-refractivity contribution in [2.24, 2.45) is 0 Å². The first-order valence-electron chi connectivity index (χ1n) is 6.24. The van der Waals surface area contributed by atoms with Crippen molar-refractivity contribution < 1.29 is 24.5 Å². The Hall–Kier alpha value is -1.99. The molecule has 3 N–H and O–H groups in total. The lowest BCUT2D eigenvalue weighted by molar-refractivity contribution is -0.141. The molecule has 2 rings (SSSR count). The molecule has 1 aliphatic rings. The first kappa shape index (κ1) is 15.4. The second-order valence-electron chi connectivity index (χ2n) is 4.68. The minimum atomic E-state index is -1.14. The van der Waals surface area contributed by atoms with E-state index in [4.69, 9.17) is 21.4 Å². The van der Waals surface area contributed by atoms with Crippen LogP contribution in [0.4, 0.5) is 10.5 Å². The number of carbonyl (C=O) groups excluding carboxylic acids is 1. The fraction of sp³-hybridized carbons (Fsp3) is 0.385. The van der Waals surface area contributed by atoms with Crippen LogP contribution in [0, 0.1) is 0 Å². The number of amides is 2. The normalized spacial score (nSPS) is 21.2. The third-order valence-corrected chi connectivity index (χ3v) is 3.54. The van der Waals surface area contributed by atoms with Crippen molar-refractivity contribution in [2.75, 3.05) is 19.0 Å². The highest BCUT2D eigenvalue weighted by molar-refractivity contribution is 6.32. The smallest absolute Gasteiger partial charge is 0.326 e. The Kier molecular flexibility index (Phi) is 4.54. The highest BCUT2D eigenvalue weighted by atomic mass is 35.5. The highest BCUT2D eigenvalue weighted by Gasteiger charge is 2.39. The number of urea groups is 1. The number of carboxylic acids is 1. The van der Waals surface area contributed by atoms with E-state index in [1.165, 1.54) is 13.2 Å². The van der Waals surface area contributed by atoms with Gasteiger partial charge in [-0.05, 0) is 12.1 Å². The minimum Gasteiger partial charge on any atom is -0.495 e. The van der Waals surface area contributed by atoms with Crippen LogP contribution in [0.2, 0.25) is 5.02 Å². The number of aliphatic hydroxyl groups is 1. The molecule has 1 fully saturated rings. The summed E-state index contributed by atoms with van der Waals surface area (Å²) in [5, 5.41) is 21.6. The lowest BCUT2D eigenvalue weighted by Crippen LogP contribution is -2.43. The third-order valence-electron chi connectivity index (χ3n) is 3.23. The fourth-order valence-electron chi connectivity index (χ4n) is 2.21. The van der Waals surface area contributed by atoms with E-state index in [9.17, 15) is 14.7 Å². The van der Waals surface area contributed by atoms with Gasteiger partial charge in [-0.25, -0.2) is 9.59 Å². The summed E-state index contributed by atoms with van der Waals surface area (Å²) in [6.07, 6.45) is -0.816.